The van der Waals surface area contributed by atoms with Crippen LogP contribution in [-0.2, 0) is 4.79 Å². The van der Waals surface area contributed by atoms with E-state index in [0.717, 1.165) is 13.0 Å². The number of carbonyl (C=O) groups is 1. The van der Waals surface area contributed by atoms with Crippen molar-refractivity contribution in [1.29, 1.82) is 0 Å². The number of hydrogen-bond acceptors (Lipinski definition) is 2. The lowest BCUT2D eigenvalue weighted by atomic mass is 10.1. The molecule has 0 aromatic heterocycles. The van der Waals surface area contributed by atoms with Crippen LogP contribution in [0.1, 0.15) is 32.1 Å². The fourth-order valence-corrected chi connectivity index (χ4v) is 3.17. The third kappa shape index (κ3) is 1.03. The fourth-order valence-electron chi connectivity index (χ4n) is 3.17. The van der Waals surface area contributed by atoms with Crippen molar-refractivity contribution in [3.05, 3.63) is 0 Å². The monoisotopic (exact) mass is 180 g/mol. The van der Waals surface area contributed by atoms with Crippen LogP contribution in [0.4, 0.5) is 0 Å². The van der Waals surface area contributed by atoms with Gasteiger partial charge in [0.15, 0.2) is 0 Å². The highest BCUT2D eigenvalue weighted by Crippen LogP contribution is 2.34. The van der Waals surface area contributed by atoms with E-state index in [4.69, 9.17) is 0 Å². The molecule has 0 saturated carbocycles. The molecule has 72 valence electrons. The summed E-state index contributed by atoms with van der Waals surface area (Å²) in [5, 5.41) is 0. The molecule has 3 aliphatic heterocycles. The zero-order chi connectivity index (χ0) is 8.84. The first-order valence-electron chi connectivity index (χ1n) is 5.41. The van der Waals surface area contributed by atoms with Crippen LogP contribution < -0.4 is 0 Å². The Labute approximate surface area is 78.7 Å². The van der Waals surface area contributed by atoms with Crippen LogP contribution in [0.15, 0.2) is 0 Å². The van der Waals surface area contributed by atoms with Crippen molar-refractivity contribution in [1.82, 2.24) is 9.80 Å². The van der Waals surface area contributed by atoms with E-state index in [-0.39, 0.29) is 0 Å². The van der Waals surface area contributed by atoms with E-state index in [1.807, 2.05) is 0 Å². The second-order valence-corrected chi connectivity index (χ2v) is 4.45. The van der Waals surface area contributed by atoms with Gasteiger partial charge in [0.05, 0.1) is 6.17 Å². The number of amides is 1. The van der Waals surface area contributed by atoms with Crippen molar-refractivity contribution in [2.75, 3.05) is 13.1 Å². The Morgan fingerprint density at radius 3 is 2.92 bits per heavy atom. The zero-order valence-electron chi connectivity index (χ0n) is 7.91. The molecular weight excluding hydrogens is 164 g/mol. The molecule has 1 amide bonds. The molecule has 0 aromatic rings. The Morgan fingerprint density at radius 2 is 2.00 bits per heavy atom. The summed E-state index contributed by atoms with van der Waals surface area (Å²) in [5.74, 6) is 0.408. The maximum atomic E-state index is 11.7. The van der Waals surface area contributed by atoms with Crippen molar-refractivity contribution in [3.8, 4) is 0 Å². The molecule has 0 bridgehead atoms. The standard InChI is InChI=1S/C10H16N2O/c13-10-7-8-3-1-5-11(8)9-4-2-6-12(9)10/h8-9H,1-7H2/t8-,9-/m1/s1. The summed E-state index contributed by atoms with van der Waals surface area (Å²) in [7, 11) is 0. The third-order valence-corrected chi connectivity index (χ3v) is 3.76. The molecule has 0 radical (unpaired) electrons. The molecule has 0 aromatic carbocycles. The average molecular weight is 180 g/mol. The summed E-state index contributed by atoms with van der Waals surface area (Å²) < 4.78 is 0. The van der Waals surface area contributed by atoms with Gasteiger partial charge >= 0.3 is 0 Å². The lowest BCUT2D eigenvalue weighted by Crippen LogP contribution is -2.55. The summed E-state index contributed by atoms with van der Waals surface area (Å²) in [6, 6.07) is 0.590. The van der Waals surface area contributed by atoms with E-state index < -0.39 is 0 Å². The quantitative estimate of drug-likeness (QED) is 0.550. The van der Waals surface area contributed by atoms with E-state index in [0.29, 0.717) is 18.1 Å². The van der Waals surface area contributed by atoms with Gasteiger partial charge in [0.25, 0.3) is 0 Å². The fraction of sp³-hybridized carbons (Fsp3) is 0.900. The first kappa shape index (κ1) is 7.80. The predicted molar refractivity (Wildman–Crippen MR) is 49.1 cm³/mol. The number of nitrogens with zero attached hydrogens (tertiary/aromatic N) is 2. The molecule has 3 heteroatoms. The Kier molecular flexibility index (Phi) is 1.62. The van der Waals surface area contributed by atoms with Gasteiger partial charge in [-0.15, -0.1) is 0 Å². The zero-order valence-corrected chi connectivity index (χ0v) is 7.91. The van der Waals surface area contributed by atoms with Gasteiger partial charge in [-0.1, -0.05) is 0 Å². The Hall–Kier alpha value is -0.570. The van der Waals surface area contributed by atoms with Crippen molar-refractivity contribution in [2.24, 2.45) is 0 Å². The Balaban J connectivity index is 1.88. The van der Waals surface area contributed by atoms with Crippen molar-refractivity contribution < 1.29 is 4.79 Å². The topological polar surface area (TPSA) is 23.6 Å². The first-order chi connectivity index (χ1) is 6.36. The van der Waals surface area contributed by atoms with E-state index in [9.17, 15) is 4.79 Å². The molecule has 0 unspecified atom stereocenters. The van der Waals surface area contributed by atoms with Gasteiger partial charge in [0, 0.05) is 25.6 Å². The molecule has 3 aliphatic rings. The van der Waals surface area contributed by atoms with E-state index >= 15 is 0 Å². The molecule has 0 spiro atoms. The van der Waals surface area contributed by atoms with Gasteiger partial charge in [-0.05, 0) is 25.7 Å². The summed E-state index contributed by atoms with van der Waals surface area (Å²) in [6.07, 6.45) is 6.23. The summed E-state index contributed by atoms with van der Waals surface area (Å²) in [4.78, 5) is 16.4. The first-order valence-corrected chi connectivity index (χ1v) is 5.41. The molecule has 3 saturated heterocycles. The SMILES string of the molecule is O=C1C[C@H]2CCCN2[C@H]2CCCN12. The normalized spacial score (nSPS) is 39.4. The smallest absolute Gasteiger partial charge is 0.225 e. The van der Waals surface area contributed by atoms with Gasteiger partial charge in [-0.2, -0.15) is 0 Å². The summed E-state index contributed by atoms with van der Waals surface area (Å²) >= 11 is 0. The van der Waals surface area contributed by atoms with Crippen LogP contribution in [0.25, 0.3) is 0 Å². The maximum absolute atomic E-state index is 11.7. The molecule has 13 heavy (non-hydrogen) atoms. The molecule has 2 atom stereocenters. The summed E-state index contributed by atoms with van der Waals surface area (Å²) in [5.41, 5.74) is 0. The maximum Gasteiger partial charge on any atom is 0.225 e. The molecule has 0 aliphatic carbocycles. The third-order valence-electron chi connectivity index (χ3n) is 3.76. The van der Waals surface area contributed by atoms with Gasteiger partial charge in [-0.25, -0.2) is 0 Å². The minimum Gasteiger partial charge on any atom is -0.327 e. The lowest BCUT2D eigenvalue weighted by Gasteiger charge is -2.41. The van der Waals surface area contributed by atoms with Crippen LogP contribution >= 0.6 is 0 Å². The molecule has 3 heterocycles. The van der Waals surface area contributed by atoms with Crippen molar-refractivity contribution >= 4 is 5.91 Å². The van der Waals surface area contributed by atoms with E-state index in [1.54, 1.807) is 0 Å². The second kappa shape index (κ2) is 2.71. The van der Waals surface area contributed by atoms with Gasteiger partial charge in [0.1, 0.15) is 0 Å². The number of rotatable bonds is 0. The lowest BCUT2D eigenvalue weighted by molar-refractivity contribution is -0.143. The van der Waals surface area contributed by atoms with E-state index in [2.05, 4.69) is 9.80 Å². The van der Waals surface area contributed by atoms with E-state index in [1.165, 1.54) is 32.2 Å². The number of fused-ring (bicyclic) bond motifs is 3. The molecule has 3 fully saturated rings. The van der Waals surface area contributed by atoms with Crippen molar-refractivity contribution in [3.63, 3.8) is 0 Å². The van der Waals surface area contributed by atoms with Crippen LogP contribution in [-0.4, -0.2) is 41.0 Å². The number of carbonyl (C=O) groups excluding carboxylic acids is 1. The second-order valence-electron chi connectivity index (χ2n) is 4.45. The Morgan fingerprint density at radius 1 is 1.15 bits per heavy atom. The van der Waals surface area contributed by atoms with Crippen LogP contribution in [0.5, 0.6) is 0 Å². The minimum atomic E-state index is 0.408. The molecule has 3 rings (SSSR count). The highest BCUT2D eigenvalue weighted by atomic mass is 16.2. The molecule has 3 nitrogen and oxygen atoms in total. The van der Waals surface area contributed by atoms with Gasteiger partial charge in [0.2, 0.25) is 5.91 Å². The highest BCUT2D eigenvalue weighted by Gasteiger charge is 2.43. The number of hydrogen-bond donors (Lipinski definition) is 0. The van der Waals surface area contributed by atoms with Gasteiger partial charge in [-0.3, -0.25) is 9.69 Å². The minimum absolute atomic E-state index is 0.408. The molecular formula is C10H16N2O. The predicted octanol–water partition coefficient (Wildman–Crippen LogP) is 0.803. The summed E-state index contributed by atoms with van der Waals surface area (Å²) in [6.45, 7) is 2.23. The van der Waals surface area contributed by atoms with Crippen LogP contribution in [0.3, 0.4) is 0 Å². The van der Waals surface area contributed by atoms with Crippen LogP contribution in [0, 0.1) is 0 Å². The highest BCUT2D eigenvalue weighted by molar-refractivity contribution is 5.78. The largest absolute Gasteiger partial charge is 0.327 e. The van der Waals surface area contributed by atoms with Crippen LogP contribution in [0.2, 0.25) is 0 Å². The van der Waals surface area contributed by atoms with Crippen molar-refractivity contribution in [2.45, 2.75) is 44.3 Å². The average Bonchev–Trinajstić information content (AvgIpc) is 2.66. The van der Waals surface area contributed by atoms with Gasteiger partial charge < -0.3 is 4.90 Å². The molecule has 0 N–H and O–H groups in total. The Bertz CT molecular complexity index is 241.